The minimum absolute atomic E-state index is 0.569. The molecule has 1 saturated heterocycles. The van der Waals surface area contributed by atoms with Crippen molar-refractivity contribution in [3.05, 3.63) is 11.9 Å². The van der Waals surface area contributed by atoms with Gasteiger partial charge < -0.3 is 10.1 Å². The molecule has 2 heterocycles. The summed E-state index contributed by atoms with van der Waals surface area (Å²) in [6.07, 6.45) is 3.22. The highest BCUT2D eigenvalue weighted by Gasteiger charge is 2.15. The number of ether oxygens (including phenoxy) is 1. The molecule has 0 spiro atoms. The first-order chi connectivity index (χ1) is 7.38. The molecule has 1 atom stereocenters. The Morgan fingerprint density at radius 3 is 3.33 bits per heavy atom. The van der Waals surface area contributed by atoms with Crippen molar-refractivity contribution in [3.63, 3.8) is 0 Å². The lowest BCUT2D eigenvalue weighted by atomic mass is 10.1. The maximum absolute atomic E-state index is 5.27. The number of nitrogens with zero attached hydrogens (tertiary/aromatic N) is 3. The predicted octanol–water partition coefficient (Wildman–Crippen LogP) is 0.424. The molecule has 1 aromatic heterocycles. The van der Waals surface area contributed by atoms with E-state index < -0.39 is 0 Å². The normalized spacial score (nSPS) is 21.0. The third-order valence-corrected chi connectivity index (χ3v) is 2.65. The molecular weight excluding hydrogens is 192 g/mol. The number of hydrogen-bond acceptors (Lipinski definition) is 4. The molecule has 1 fully saturated rings. The van der Waals surface area contributed by atoms with Crippen molar-refractivity contribution in [1.29, 1.82) is 0 Å². The molecule has 0 saturated carbocycles. The topological polar surface area (TPSA) is 52.0 Å². The highest BCUT2D eigenvalue weighted by Crippen LogP contribution is 2.09. The summed E-state index contributed by atoms with van der Waals surface area (Å²) in [6.45, 7) is 6.46. The Morgan fingerprint density at radius 1 is 1.67 bits per heavy atom. The molecular formula is C10H18N4O. The van der Waals surface area contributed by atoms with Crippen LogP contribution in [-0.2, 0) is 17.9 Å². The molecule has 2 rings (SSSR count). The zero-order chi connectivity index (χ0) is 10.5. The molecule has 5 nitrogen and oxygen atoms in total. The van der Waals surface area contributed by atoms with Crippen molar-refractivity contribution in [3.8, 4) is 0 Å². The first kappa shape index (κ1) is 10.6. The van der Waals surface area contributed by atoms with Gasteiger partial charge in [0.25, 0.3) is 0 Å². The van der Waals surface area contributed by atoms with Crippen LogP contribution in [0.1, 0.15) is 19.0 Å². The van der Waals surface area contributed by atoms with E-state index >= 15 is 0 Å². The molecule has 0 aliphatic carbocycles. The molecule has 15 heavy (non-hydrogen) atoms. The Labute approximate surface area is 89.8 Å². The van der Waals surface area contributed by atoms with E-state index in [1.807, 2.05) is 17.8 Å². The van der Waals surface area contributed by atoms with Crippen molar-refractivity contribution in [1.82, 2.24) is 20.3 Å². The largest absolute Gasteiger partial charge is 0.375 e. The van der Waals surface area contributed by atoms with E-state index in [0.29, 0.717) is 12.5 Å². The highest BCUT2D eigenvalue weighted by molar-refractivity contribution is 4.90. The van der Waals surface area contributed by atoms with Crippen molar-refractivity contribution in [2.75, 3.05) is 19.7 Å². The standard InChI is InChI=1S/C10H18N4O/c1-2-15-8-10-7-14(13-12-10)6-9-3-4-11-5-9/h7,9,11H,2-6,8H2,1H3/t9-/m0/s1. The summed E-state index contributed by atoms with van der Waals surface area (Å²) < 4.78 is 7.20. The van der Waals surface area contributed by atoms with E-state index in [-0.39, 0.29) is 0 Å². The van der Waals surface area contributed by atoms with Crippen molar-refractivity contribution < 1.29 is 4.74 Å². The van der Waals surface area contributed by atoms with Crippen molar-refractivity contribution >= 4 is 0 Å². The van der Waals surface area contributed by atoms with Gasteiger partial charge in [0.05, 0.1) is 12.8 Å². The highest BCUT2D eigenvalue weighted by atomic mass is 16.5. The molecule has 84 valence electrons. The summed E-state index contributed by atoms with van der Waals surface area (Å²) in [6, 6.07) is 0. The van der Waals surface area contributed by atoms with E-state index in [4.69, 9.17) is 4.74 Å². The van der Waals surface area contributed by atoms with E-state index in [0.717, 1.165) is 31.9 Å². The fourth-order valence-electron chi connectivity index (χ4n) is 1.84. The smallest absolute Gasteiger partial charge is 0.108 e. The molecule has 1 aromatic rings. The van der Waals surface area contributed by atoms with Gasteiger partial charge in [0.15, 0.2) is 0 Å². The summed E-state index contributed by atoms with van der Waals surface area (Å²) in [5.74, 6) is 0.701. The first-order valence-corrected chi connectivity index (χ1v) is 5.56. The van der Waals surface area contributed by atoms with Crippen molar-refractivity contribution in [2.24, 2.45) is 5.92 Å². The Kier molecular flexibility index (Phi) is 3.69. The van der Waals surface area contributed by atoms with Gasteiger partial charge in [0.2, 0.25) is 0 Å². The number of aromatic nitrogens is 3. The second kappa shape index (κ2) is 5.23. The molecule has 1 N–H and O–H groups in total. The van der Waals surface area contributed by atoms with Crippen LogP contribution in [0.3, 0.4) is 0 Å². The van der Waals surface area contributed by atoms with Crippen LogP contribution >= 0.6 is 0 Å². The van der Waals surface area contributed by atoms with E-state index in [1.165, 1.54) is 6.42 Å². The van der Waals surface area contributed by atoms with Gasteiger partial charge in [-0.15, -0.1) is 5.10 Å². The van der Waals surface area contributed by atoms with Gasteiger partial charge in [-0.25, -0.2) is 0 Å². The second-order valence-electron chi connectivity index (χ2n) is 3.93. The van der Waals surface area contributed by atoms with Gasteiger partial charge in [-0.2, -0.15) is 0 Å². The van der Waals surface area contributed by atoms with Crippen LogP contribution < -0.4 is 5.32 Å². The van der Waals surface area contributed by atoms with Crippen LogP contribution in [0.15, 0.2) is 6.20 Å². The maximum atomic E-state index is 5.27. The molecule has 0 aromatic carbocycles. The Balaban J connectivity index is 1.83. The maximum Gasteiger partial charge on any atom is 0.108 e. The molecule has 0 amide bonds. The molecule has 1 aliphatic rings. The fraction of sp³-hybridized carbons (Fsp3) is 0.800. The second-order valence-corrected chi connectivity index (χ2v) is 3.93. The zero-order valence-corrected chi connectivity index (χ0v) is 9.15. The zero-order valence-electron chi connectivity index (χ0n) is 9.15. The van der Waals surface area contributed by atoms with Crippen LogP contribution in [0.25, 0.3) is 0 Å². The van der Waals surface area contributed by atoms with Crippen molar-refractivity contribution in [2.45, 2.75) is 26.5 Å². The van der Waals surface area contributed by atoms with E-state index in [9.17, 15) is 0 Å². The van der Waals surface area contributed by atoms with Crippen LogP contribution in [0.2, 0.25) is 0 Å². The van der Waals surface area contributed by atoms with Crippen LogP contribution in [0.4, 0.5) is 0 Å². The lowest BCUT2D eigenvalue weighted by Crippen LogP contribution is -2.14. The van der Waals surface area contributed by atoms with Crippen LogP contribution in [0, 0.1) is 5.92 Å². The first-order valence-electron chi connectivity index (χ1n) is 5.56. The number of nitrogens with one attached hydrogen (secondary N) is 1. The third-order valence-electron chi connectivity index (χ3n) is 2.65. The lowest BCUT2D eigenvalue weighted by molar-refractivity contribution is 0.131. The number of hydrogen-bond donors (Lipinski definition) is 1. The lowest BCUT2D eigenvalue weighted by Gasteiger charge is -2.06. The number of rotatable bonds is 5. The van der Waals surface area contributed by atoms with Gasteiger partial charge >= 0.3 is 0 Å². The summed E-state index contributed by atoms with van der Waals surface area (Å²) in [5, 5.41) is 11.5. The molecule has 0 unspecified atom stereocenters. The monoisotopic (exact) mass is 210 g/mol. The van der Waals surface area contributed by atoms with Gasteiger partial charge in [-0.05, 0) is 32.4 Å². The van der Waals surface area contributed by atoms with Gasteiger partial charge in [0.1, 0.15) is 5.69 Å². The fourth-order valence-corrected chi connectivity index (χ4v) is 1.84. The third kappa shape index (κ3) is 3.00. The summed E-state index contributed by atoms with van der Waals surface area (Å²) in [4.78, 5) is 0. The van der Waals surface area contributed by atoms with Gasteiger partial charge in [-0.3, -0.25) is 4.68 Å². The summed E-state index contributed by atoms with van der Waals surface area (Å²) in [7, 11) is 0. The SMILES string of the molecule is CCOCc1cn(C[C@H]2CCNC2)nn1. The average molecular weight is 210 g/mol. The van der Waals surface area contributed by atoms with Gasteiger partial charge in [0, 0.05) is 13.2 Å². The van der Waals surface area contributed by atoms with Gasteiger partial charge in [-0.1, -0.05) is 5.21 Å². The molecule has 0 radical (unpaired) electrons. The summed E-state index contributed by atoms with van der Waals surface area (Å²) >= 11 is 0. The minimum atomic E-state index is 0.569. The predicted molar refractivity (Wildman–Crippen MR) is 56.3 cm³/mol. The Bertz CT molecular complexity index is 293. The quantitative estimate of drug-likeness (QED) is 0.765. The Hall–Kier alpha value is -0.940. The van der Waals surface area contributed by atoms with Crippen LogP contribution in [0.5, 0.6) is 0 Å². The summed E-state index contributed by atoms with van der Waals surface area (Å²) in [5.41, 5.74) is 0.919. The van der Waals surface area contributed by atoms with Crippen LogP contribution in [-0.4, -0.2) is 34.7 Å². The molecule has 0 bridgehead atoms. The molecule has 1 aliphatic heterocycles. The molecule has 5 heteroatoms. The van der Waals surface area contributed by atoms with E-state index in [2.05, 4.69) is 15.6 Å². The Morgan fingerprint density at radius 2 is 2.60 bits per heavy atom. The minimum Gasteiger partial charge on any atom is -0.375 e. The average Bonchev–Trinajstić information content (AvgIpc) is 2.87. The van der Waals surface area contributed by atoms with E-state index in [1.54, 1.807) is 0 Å².